The van der Waals surface area contributed by atoms with E-state index in [1.165, 1.54) is 12.1 Å². The SMILES string of the molecule is [N-]=[N+]=NS(=O)(=O)c1ccccc1[SH](=O)=O. The lowest BCUT2D eigenvalue weighted by molar-refractivity contribution is 0.590. The van der Waals surface area contributed by atoms with Gasteiger partial charge in [-0.3, -0.25) is 0 Å². The summed E-state index contributed by atoms with van der Waals surface area (Å²) in [7, 11) is -7.32. The summed E-state index contributed by atoms with van der Waals surface area (Å²) in [6.07, 6.45) is 0. The second kappa shape index (κ2) is 4.30. The summed E-state index contributed by atoms with van der Waals surface area (Å²) in [4.78, 5) is 1.22. The second-order valence-corrected chi connectivity index (χ2v) is 4.92. The maximum Gasteiger partial charge on any atom is 0.265 e. The van der Waals surface area contributed by atoms with Crippen molar-refractivity contribution in [2.75, 3.05) is 0 Å². The predicted molar refractivity (Wildman–Crippen MR) is 51.4 cm³/mol. The third kappa shape index (κ3) is 2.46. The largest absolute Gasteiger partial charge is 0.265 e. The van der Waals surface area contributed by atoms with Crippen LogP contribution in [0, 0.1) is 0 Å². The number of azide groups is 1. The number of hydrogen-bond acceptors (Lipinski definition) is 4. The molecule has 0 fully saturated rings. The summed E-state index contributed by atoms with van der Waals surface area (Å²) < 4.78 is 46.5. The minimum atomic E-state index is -4.26. The van der Waals surface area contributed by atoms with Gasteiger partial charge < -0.3 is 0 Å². The van der Waals surface area contributed by atoms with Crippen LogP contribution in [0.2, 0.25) is 0 Å². The van der Waals surface area contributed by atoms with Gasteiger partial charge in [0.1, 0.15) is 0 Å². The quantitative estimate of drug-likeness (QED) is 0.365. The summed E-state index contributed by atoms with van der Waals surface area (Å²) in [6, 6.07) is 4.88. The predicted octanol–water partition coefficient (Wildman–Crippen LogP) is 0.656. The summed E-state index contributed by atoms with van der Waals surface area (Å²) in [5, 5.41) is 0. The van der Waals surface area contributed by atoms with Crippen LogP contribution in [0.5, 0.6) is 0 Å². The van der Waals surface area contributed by atoms with Gasteiger partial charge in [0.05, 0.1) is 9.79 Å². The van der Waals surface area contributed by atoms with E-state index in [4.69, 9.17) is 5.53 Å². The lowest BCUT2D eigenvalue weighted by Crippen LogP contribution is -1.99. The van der Waals surface area contributed by atoms with E-state index in [0.29, 0.717) is 0 Å². The van der Waals surface area contributed by atoms with Gasteiger partial charge >= 0.3 is 0 Å². The van der Waals surface area contributed by atoms with E-state index in [-0.39, 0.29) is 4.90 Å². The minimum Gasteiger partial charge on any atom is -0.227 e. The Morgan fingerprint density at radius 1 is 1.27 bits per heavy atom. The highest BCUT2D eigenvalue weighted by molar-refractivity contribution is 7.90. The van der Waals surface area contributed by atoms with Crippen LogP contribution in [-0.2, 0) is 20.7 Å². The summed E-state index contributed by atoms with van der Waals surface area (Å²) in [6.45, 7) is 0. The van der Waals surface area contributed by atoms with Gasteiger partial charge in [0.2, 0.25) is 0 Å². The van der Waals surface area contributed by atoms with E-state index < -0.39 is 25.6 Å². The van der Waals surface area contributed by atoms with E-state index in [1.54, 1.807) is 0 Å². The lowest BCUT2D eigenvalue weighted by atomic mass is 10.4. The molecule has 0 N–H and O–H groups in total. The molecule has 15 heavy (non-hydrogen) atoms. The van der Waals surface area contributed by atoms with Gasteiger partial charge in [0.25, 0.3) is 10.0 Å². The zero-order valence-electron chi connectivity index (χ0n) is 7.14. The fourth-order valence-electron chi connectivity index (χ4n) is 0.918. The van der Waals surface area contributed by atoms with Crippen molar-refractivity contribution in [2.24, 2.45) is 4.52 Å². The Morgan fingerprint density at radius 2 is 1.87 bits per heavy atom. The van der Waals surface area contributed by atoms with Gasteiger partial charge in [0, 0.05) is 9.43 Å². The minimum absolute atomic E-state index is 0.389. The van der Waals surface area contributed by atoms with Crippen molar-refractivity contribution in [3.8, 4) is 0 Å². The molecule has 0 amide bonds. The van der Waals surface area contributed by atoms with Crippen molar-refractivity contribution in [1.29, 1.82) is 0 Å². The molecule has 0 bridgehead atoms. The van der Waals surface area contributed by atoms with Crippen LogP contribution in [0.4, 0.5) is 0 Å². The van der Waals surface area contributed by atoms with Gasteiger partial charge in [-0.05, 0) is 17.7 Å². The van der Waals surface area contributed by atoms with Crippen molar-refractivity contribution in [3.05, 3.63) is 34.7 Å². The van der Waals surface area contributed by atoms with Crippen molar-refractivity contribution in [2.45, 2.75) is 9.79 Å². The zero-order valence-corrected chi connectivity index (χ0v) is 8.85. The average molecular weight is 247 g/mol. The van der Waals surface area contributed by atoms with E-state index in [9.17, 15) is 16.8 Å². The fraction of sp³-hybridized carbons (Fsp3) is 0. The van der Waals surface area contributed by atoms with Gasteiger partial charge in [-0.15, -0.1) is 0 Å². The molecule has 0 radical (unpaired) electrons. The van der Waals surface area contributed by atoms with Crippen LogP contribution >= 0.6 is 0 Å². The van der Waals surface area contributed by atoms with Crippen LogP contribution in [0.1, 0.15) is 0 Å². The van der Waals surface area contributed by atoms with Crippen LogP contribution in [0.15, 0.2) is 38.6 Å². The second-order valence-electron chi connectivity index (χ2n) is 2.37. The molecule has 0 spiro atoms. The molecule has 80 valence electrons. The van der Waals surface area contributed by atoms with Crippen LogP contribution in [0.25, 0.3) is 10.4 Å². The Kier molecular flexibility index (Phi) is 3.30. The molecule has 0 heterocycles. The molecular weight excluding hydrogens is 242 g/mol. The molecule has 0 aliphatic rings. The monoisotopic (exact) mass is 247 g/mol. The fourth-order valence-corrected chi connectivity index (χ4v) is 2.72. The van der Waals surface area contributed by atoms with Crippen molar-refractivity contribution in [3.63, 3.8) is 0 Å². The highest BCUT2D eigenvalue weighted by Gasteiger charge is 2.17. The van der Waals surface area contributed by atoms with Crippen molar-refractivity contribution < 1.29 is 16.8 Å². The van der Waals surface area contributed by atoms with Crippen molar-refractivity contribution >= 4 is 20.7 Å². The van der Waals surface area contributed by atoms with E-state index in [1.807, 2.05) is 0 Å². The third-order valence-electron chi connectivity index (χ3n) is 1.48. The van der Waals surface area contributed by atoms with E-state index in [2.05, 4.69) is 9.43 Å². The van der Waals surface area contributed by atoms with Crippen LogP contribution in [0.3, 0.4) is 0 Å². The first-order valence-corrected chi connectivity index (χ1v) is 6.15. The Morgan fingerprint density at radius 3 is 2.40 bits per heavy atom. The maximum absolute atomic E-state index is 11.3. The summed E-state index contributed by atoms with van der Waals surface area (Å²) >= 11 is 0. The van der Waals surface area contributed by atoms with Gasteiger partial charge in [-0.25, -0.2) is 16.8 Å². The maximum atomic E-state index is 11.3. The molecule has 0 atom stereocenters. The normalized spacial score (nSPS) is 11.0. The third-order valence-corrected chi connectivity index (χ3v) is 3.62. The van der Waals surface area contributed by atoms with Crippen LogP contribution < -0.4 is 0 Å². The Bertz CT molecular complexity index is 591. The highest BCUT2D eigenvalue weighted by Crippen LogP contribution is 2.18. The molecule has 0 aliphatic heterocycles. The molecule has 7 nitrogen and oxygen atoms in total. The molecule has 9 heteroatoms. The molecule has 1 aromatic carbocycles. The molecule has 0 aliphatic carbocycles. The lowest BCUT2D eigenvalue weighted by Gasteiger charge is -1.99. The van der Waals surface area contributed by atoms with E-state index in [0.717, 1.165) is 12.1 Å². The molecule has 1 aromatic rings. The molecule has 0 aromatic heterocycles. The first kappa shape index (κ1) is 11.5. The summed E-state index contributed by atoms with van der Waals surface area (Å²) in [5.74, 6) is 0. The first-order valence-electron chi connectivity index (χ1n) is 3.54. The number of nitrogens with zero attached hydrogens (tertiary/aromatic N) is 3. The van der Waals surface area contributed by atoms with Gasteiger partial charge in [0.15, 0.2) is 10.7 Å². The molecule has 0 saturated carbocycles. The van der Waals surface area contributed by atoms with Crippen molar-refractivity contribution in [1.82, 2.24) is 0 Å². The van der Waals surface area contributed by atoms with Gasteiger partial charge in [-0.1, -0.05) is 12.1 Å². The van der Waals surface area contributed by atoms with E-state index >= 15 is 0 Å². The highest BCUT2D eigenvalue weighted by atomic mass is 32.2. The number of benzene rings is 1. The Balaban J connectivity index is 3.58. The molecule has 0 saturated heterocycles. The number of sulfonamides is 1. The Hall–Kier alpha value is -1.57. The number of rotatable bonds is 3. The molecular formula is C6H5N3O4S2. The standard InChI is InChI=1S/C6H5N3O4S2/c7-8-9-15(12,13)6-4-2-1-3-5(6)14(10)11/h1-4,14H. The van der Waals surface area contributed by atoms with Gasteiger partial charge in [-0.2, -0.15) is 0 Å². The number of thiol groups is 1. The smallest absolute Gasteiger partial charge is 0.227 e. The first-order chi connectivity index (χ1) is 6.99. The molecule has 0 unspecified atom stereocenters. The summed E-state index contributed by atoms with van der Waals surface area (Å²) in [5.41, 5.74) is 8.02. The average Bonchev–Trinajstić information content (AvgIpc) is 2.17. The zero-order chi connectivity index (χ0) is 11.5. The number of hydrogen-bond donors (Lipinski definition) is 1. The Labute approximate surface area is 87.0 Å². The molecule has 1 rings (SSSR count). The topological polar surface area (TPSA) is 117 Å². The van der Waals surface area contributed by atoms with Crippen LogP contribution in [-0.4, -0.2) is 16.8 Å².